The van der Waals surface area contributed by atoms with E-state index in [1.54, 1.807) is 20.0 Å². The van der Waals surface area contributed by atoms with Crippen LogP contribution < -0.4 is 5.32 Å². The SMILES string of the molecule is CC(C)(NC(=O)c1cc(F)ccc1O)c1nccs1. The van der Waals surface area contributed by atoms with Crippen molar-refractivity contribution in [1.82, 2.24) is 10.3 Å². The Hall–Kier alpha value is -1.95. The Morgan fingerprint density at radius 3 is 2.84 bits per heavy atom. The van der Waals surface area contributed by atoms with Crippen LogP contribution in [0.25, 0.3) is 0 Å². The molecule has 0 unspecified atom stereocenters. The number of halogens is 1. The van der Waals surface area contributed by atoms with Crippen LogP contribution >= 0.6 is 11.3 Å². The van der Waals surface area contributed by atoms with Crippen LogP contribution in [0.4, 0.5) is 4.39 Å². The lowest BCUT2D eigenvalue weighted by Crippen LogP contribution is -2.41. The number of thiazole rings is 1. The van der Waals surface area contributed by atoms with E-state index in [1.807, 2.05) is 5.38 Å². The fourth-order valence-electron chi connectivity index (χ4n) is 1.63. The average Bonchev–Trinajstić information content (AvgIpc) is 2.86. The Morgan fingerprint density at radius 1 is 1.47 bits per heavy atom. The highest BCUT2D eigenvalue weighted by Crippen LogP contribution is 2.24. The lowest BCUT2D eigenvalue weighted by atomic mass is 10.1. The smallest absolute Gasteiger partial charge is 0.255 e. The standard InChI is InChI=1S/C13H13FN2O2S/c1-13(2,12-15-5-6-19-12)16-11(18)9-7-8(14)3-4-10(9)17/h3-7,17H,1-2H3,(H,16,18). The molecule has 2 rings (SSSR count). The van der Waals surface area contributed by atoms with Gasteiger partial charge in [-0.25, -0.2) is 9.37 Å². The molecular weight excluding hydrogens is 267 g/mol. The van der Waals surface area contributed by atoms with Gasteiger partial charge in [-0.3, -0.25) is 4.79 Å². The molecule has 0 saturated carbocycles. The molecule has 0 bridgehead atoms. The zero-order chi connectivity index (χ0) is 14.0. The number of rotatable bonds is 3. The third-order valence-electron chi connectivity index (χ3n) is 2.60. The molecule has 2 N–H and O–H groups in total. The number of carbonyl (C=O) groups is 1. The Balaban J connectivity index is 2.24. The molecule has 1 aromatic heterocycles. The number of benzene rings is 1. The molecule has 1 aromatic carbocycles. The Kier molecular flexibility index (Phi) is 3.53. The summed E-state index contributed by atoms with van der Waals surface area (Å²) in [4.78, 5) is 16.2. The first-order valence-electron chi connectivity index (χ1n) is 5.61. The molecule has 0 aliphatic carbocycles. The topological polar surface area (TPSA) is 62.2 Å². The van der Waals surface area contributed by atoms with Gasteiger partial charge < -0.3 is 10.4 Å². The summed E-state index contributed by atoms with van der Waals surface area (Å²) >= 11 is 1.41. The molecule has 19 heavy (non-hydrogen) atoms. The van der Waals surface area contributed by atoms with Crippen LogP contribution in [-0.2, 0) is 5.54 Å². The number of nitrogens with one attached hydrogen (secondary N) is 1. The van der Waals surface area contributed by atoms with Gasteiger partial charge in [0.25, 0.3) is 5.91 Å². The second-order valence-corrected chi connectivity index (χ2v) is 5.47. The second-order valence-electron chi connectivity index (χ2n) is 4.58. The van der Waals surface area contributed by atoms with E-state index in [4.69, 9.17) is 0 Å². The number of aromatic nitrogens is 1. The van der Waals surface area contributed by atoms with Gasteiger partial charge in [0.05, 0.1) is 11.1 Å². The van der Waals surface area contributed by atoms with Crippen LogP contribution in [0, 0.1) is 5.82 Å². The summed E-state index contributed by atoms with van der Waals surface area (Å²) < 4.78 is 13.1. The molecule has 0 radical (unpaired) electrons. The van der Waals surface area contributed by atoms with Gasteiger partial charge >= 0.3 is 0 Å². The molecule has 0 atom stereocenters. The van der Waals surface area contributed by atoms with Crippen LogP contribution in [0.3, 0.4) is 0 Å². The molecule has 1 amide bonds. The summed E-state index contributed by atoms with van der Waals surface area (Å²) in [5.41, 5.74) is -0.783. The van der Waals surface area contributed by atoms with Crippen molar-refractivity contribution in [1.29, 1.82) is 0 Å². The van der Waals surface area contributed by atoms with Crippen LogP contribution in [-0.4, -0.2) is 16.0 Å². The molecule has 0 fully saturated rings. The van der Waals surface area contributed by atoms with Crippen LogP contribution in [0.5, 0.6) is 5.75 Å². The van der Waals surface area contributed by atoms with E-state index in [-0.39, 0.29) is 11.3 Å². The summed E-state index contributed by atoms with van der Waals surface area (Å²) in [7, 11) is 0. The van der Waals surface area contributed by atoms with E-state index < -0.39 is 17.3 Å². The fraction of sp³-hybridized carbons (Fsp3) is 0.231. The van der Waals surface area contributed by atoms with Gasteiger partial charge in [-0.1, -0.05) is 0 Å². The predicted molar refractivity (Wildman–Crippen MR) is 70.7 cm³/mol. The minimum atomic E-state index is -0.690. The highest BCUT2D eigenvalue weighted by molar-refractivity contribution is 7.09. The number of aromatic hydroxyl groups is 1. The molecule has 100 valence electrons. The summed E-state index contributed by atoms with van der Waals surface area (Å²) in [5, 5.41) is 14.9. The van der Waals surface area contributed by atoms with E-state index >= 15 is 0 Å². The Labute approximate surface area is 113 Å². The highest BCUT2D eigenvalue weighted by atomic mass is 32.1. The fourth-order valence-corrected chi connectivity index (χ4v) is 2.34. The number of phenolic OH excluding ortho intramolecular Hbond substituents is 1. The van der Waals surface area contributed by atoms with Crippen molar-refractivity contribution in [3.05, 3.63) is 46.2 Å². The molecule has 0 spiro atoms. The van der Waals surface area contributed by atoms with Crippen LogP contribution in [0.15, 0.2) is 29.8 Å². The number of amides is 1. The monoisotopic (exact) mass is 280 g/mol. The average molecular weight is 280 g/mol. The summed E-state index contributed by atoms with van der Waals surface area (Å²) in [5.74, 6) is -1.37. The van der Waals surface area contributed by atoms with Crippen molar-refractivity contribution in [3.63, 3.8) is 0 Å². The zero-order valence-electron chi connectivity index (χ0n) is 10.5. The third kappa shape index (κ3) is 2.90. The molecule has 4 nitrogen and oxygen atoms in total. The van der Waals surface area contributed by atoms with Gasteiger partial charge in [0.15, 0.2) is 0 Å². The molecule has 2 aromatic rings. The van der Waals surface area contributed by atoms with Crippen molar-refractivity contribution in [2.45, 2.75) is 19.4 Å². The molecule has 0 saturated heterocycles. The van der Waals surface area contributed by atoms with E-state index in [1.165, 1.54) is 11.3 Å². The van der Waals surface area contributed by atoms with E-state index in [0.29, 0.717) is 0 Å². The summed E-state index contributed by atoms with van der Waals surface area (Å²) in [6.45, 7) is 3.58. The number of carbonyl (C=O) groups excluding carboxylic acids is 1. The largest absolute Gasteiger partial charge is 0.507 e. The van der Waals surface area contributed by atoms with Gasteiger partial charge in [-0.05, 0) is 32.0 Å². The van der Waals surface area contributed by atoms with Gasteiger partial charge in [0, 0.05) is 11.6 Å². The van der Waals surface area contributed by atoms with Crippen molar-refractivity contribution >= 4 is 17.2 Å². The lowest BCUT2D eigenvalue weighted by Gasteiger charge is -2.24. The van der Waals surface area contributed by atoms with Crippen molar-refractivity contribution in [2.75, 3.05) is 0 Å². The van der Waals surface area contributed by atoms with Crippen molar-refractivity contribution in [3.8, 4) is 5.75 Å². The number of nitrogens with zero attached hydrogens (tertiary/aromatic N) is 1. The van der Waals surface area contributed by atoms with Crippen molar-refractivity contribution in [2.24, 2.45) is 0 Å². The molecular formula is C13H13FN2O2S. The maximum Gasteiger partial charge on any atom is 0.255 e. The van der Waals surface area contributed by atoms with Gasteiger partial charge in [0.2, 0.25) is 0 Å². The van der Waals surface area contributed by atoms with Gasteiger partial charge in [-0.15, -0.1) is 11.3 Å². The second kappa shape index (κ2) is 4.97. The van der Waals surface area contributed by atoms with E-state index in [9.17, 15) is 14.3 Å². The first kappa shape index (κ1) is 13.5. The van der Waals surface area contributed by atoms with Gasteiger partial charge in [-0.2, -0.15) is 0 Å². The zero-order valence-corrected chi connectivity index (χ0v) is 11.3. The maximum absolute atomic E-state index is 13.1. The van der Waals surface area contributed by atoms with Crippen molar-refractivity contribution < 1.29 is 14.3 Å². The number of phenols is 1. The third-order valence-corrected chi connectivity index (χ3v) is 3.69. The minimum absolute atomic E-state index is 0.0929. The lowest BCUT2D eigenvalue weighted by molar-refractivity contribution is 0.0908. The van der Waals surface area contributed by atoms with Gasteiger partial charge in [0.1, 0.15) is 16.6 Å². The molecule has 0 aliphatic heterocycles. The quantitative estimate of drug-likeness (QED) is 0.908. The number of hydrogen-bond acceptors (Lipinski definition) is 4. The summed E-state index contributed by atoms with van der Waals surface area (Å²) in [6.07, 6.45) is 1.65. The first-order valence-corrected chi connectivity index (χ1v) is 6.49. The molecule has 0 aliphatic rings. The number of hydrogen-bond donors (Lipinski definition) is 2. The Morgan fingerprint density at radius 2 is 2.21 bits per heavy atom. The molecule has 1 heterocycles. The predicted octanol–water partition coefficient (Wildman–Crippen LogP) is 2.65. The minimum Gasteiger partial charge on any atom is -0.507 e. The van der Waals surface area contributed by atoms with Crippen LogP contribution in [0.2, 0.25) is 0 Å². The normalized spacial score (nSPS) is 11.3. The van der Waals surface area contributed by atoms with E-state index in [0.717, 1.165) is 23.2 Å². The summed E-state index contributed by atoms with van der Waals surface area (Å²) in [6, 6.07) is 3.25. The van der Waals surface area contributed by atoms with E-state index in [2.05, 4.69) is 10.3 Å². The van der Waals surface area contributed by atoms with Crippen LogP contribution in [0.1, 0.15) is 29.2 Å². The first-order chi connectivity index (χ1) is 8.90. The highest BCUT2D eigenvalue weighted by Gasteiger charge is 2.27. The maximum atomic E-state index is 13.1. The Bertz CT molecular complexity index is 597. The molecule has 6 heteroatoms.